The Kier molecular flexibility index (Phi) is 5.67. The van der Waals surface area contributed by atoms with E-state index < -0.39 is 0 Å². The second-order valence-corrected chi connectivity index (χ2v) is 5.60. The third-order valence-corrected chi connectivity index (χ3v) is 4.20. The Balaban J connectivity index is 1.90. The van der Waals surface area contributed by atoms with Crippen LogP contribution >= 0.6 is 0 Å². The third kappa shape index (κ3) is 4.49. The first-order chi connectivity index (χ1) is 10.1. The van der Waals surface area contributed by atoms with Crippen molar-refractivity contribution in [3.05, 3.63) is 39.9 Å². The molecule has 0 bridgehead atoms. The SMILES string of the molecule is CC(c1cccc([N+](=O)[O-])c1)N(C)CCN1CCNCC1. The first-order valence-corrected chi connectivity index (χ1v) is 7.45. The zero-order valence-corrected chi connectivity index (χ0v) is 12.8. The Morgan fingerprint density at radius 2 is 2.14 bits per heavy atom. The van der Waals surface area contributed by atoms with Gasteiger partial charge in [-0.05, 0) is 19.5 Å². The van der Waals surface area contributed by atoms with Crippen LogP contribution in [-0.4, -0.2) is 61.0 Å². The standard InChI is InChI=1S/C15H24N4O2/c1-13(14-4-3-5-15(12-14)19(20)21)17(2)10-11-18-8-6-16-7-9-18/h3-5,12-13,16H,6-11H2,1-2H3. The van der Waals surface area contributed by atoms with E-state index >= 15 is 0 Å². The Morgan fingerprint density at radius 1 is 1.43 bits per heavy atom. The number of nitrogens with zero attached hydrogens (tertiary/aromatic N) is 3. The molecule has 0 amide bonds. The van der Waals surface area contributed by atoms with Gasteiger partial charge in [0.1, 0.15) is 0 Å². The lowest BCUT2D eigenvalue weighted by Crippen LogP contribution is -2.46. The van der Waals surface area contributed by atoms with Gasteiger partial charge in [-0.15, -0.1) is 0 Å². The largest absolute Gasteiger partial charge is 0.314 e. The van der Waals surface area contributed by atoms with Crippen LogP contribution in [0.1, 0.15) is 18.5 Å². The van der Waals surface area contributed by atoms with E-state index in [0.29, 0.717) is 0 Å². The fourth-order valence-corrected chi connectivity index (χ4v) is 2.58. The van der Waals surface area contributed by atoms with E-state index in [2.05, 4.69) is 29.1 Å². The molecule has 1 aromatic carbocycles. The maximum atomic E-state index is 10.9. The van der Waals surface area contributed by atoms with Gasteiger partial charge in [-0.3, -0.25) is 19.9 Å². The molecule has 116 valence electrons. The van der Waals surface area contributed by atoms with Crippen molar-refractivity contribution in [3.63, 3.8) is 0 Å². The minimum absolute atomic E-state index is 0.162. The van der Waals surface area contributed by atoms with E-state index in [1.165, 1.54) is 6.07 Å². The summed E-state index contributed by atoms with van der Waals surface area (Å²) in [7, 11) is 2.08. The number of nitro benzene ring substituents is 1. The lowest BCUT2D eigenvalue weighted by atomic mass is 10.1. The average molecular weight is 292 g/mol. The number of piperazine rings is 1. The number of nitro groups is 1. The topological polar surface area (TPSA) is 61.7 Å². The quantitative estimate of drug-likeness (QED) is 0.636. The average Bonchev–Trinajstić information content (AvgIpc) is 2.53. The summed E-state index contributed by atoms with van der Waals surface area (Å²) in [6.45, 7) is 8.41. The van der Waals surface area contributed by atoms with E-state index in [0.717, 1.165) is 44.8 Å². The second-order valence-electron chi connectivity index (χ2n) is 5.60. The van der Waals surface area contributed by atoms with Gasteiger partial charge in [-0.25, -0.2) is 0 Å². The molecule has 1 aromatic rings. The molecule has 0 saturated carbocycles. The van der Waals surface area contributed by atoms with Gasteiger partial charge in [0.15, 0.2) is 0 Å². The molecule has 0 aromatic heterocycles. The molecule has 1 aliphatic heterocycles. The van der Waals surface area contributed by atoms with Gasteiger partial charge in [0, 0.05) is 57.4 Å². The molecular weight excluding hydrogens is 268 g/mol. The smallest absolute Gasteiger partial charge is 0.269 e. The fourth-order valence-electron chi connectivity index (χ4n) is 2.58. The molecule has 1 saturated heterocycles. The molecule has 1 N–H and O–H groups in total. The van der Waals surface area contributed by atoms with Crippen LogP contribution in [0.4, 0.5) is 5.69 Å². The first-order valence-electron chi connectivity index (χ1n) is 7.45. The zero-order valence-electron chi connectivity index (χ0n) is 12.8. The zero-order chi connectivity index (χ0) is 15.2. The normalized spacial score (nSPS) is 17.9. The van der Waals surface area contributed by atoms with Crippen LogP contribution < -0.4 is 5.32 Å². The van der Waals surface area contributed by atoms with Crippen molar-refractivity contribution in [3.8, 4) is 0 Å². The molecule has 2 rings (SSSR count). The minimum Gasteiger partial charge on any atom is -0.314 e. The van der Waals surface area contributed by atoms with Crippen molar-refractivity contribution in [1.29, 1.82) is 0 Å². The predicted molar refractivity (Wildman–Crippen MR) is 83.5 cm³/mol. The summed E-state index contributed by atoms with van der Waals surface area (Å²) in [5, 5.41) is 14.2. The van der Waals surface area contributed by atoms with Crippen LogP contribution in [0, 0.1) is 10.1 Å². The van der Waals surface area contributed by atoms with Crippen molar-refractivity contribution in [2.75, 3.05) is 46.3 Å². The van der Waals surface area contributed by atoms with Crippen molar-refractivity contribution in [2.45, 2.75) is 13.0 Å². The molecule has 1 fully saturated rings. The van der Waals surface area contributed by atoms with E-state index in [1.807, 2.05) is 6.07 Å². The Hall–Kier alpha value is -1.50. The molecule has 6 nitrogen and oxygen atoms in total. The van der Waals surface area contributed by atoms with Gasteiger partial charge in [-0.2, -0.15) is 0 Å². The Morgan fingerprint density at radius 3 is 2.81 bits per heavy atom. The molecule has 0 aliphatic carbocycles. The number of nitrogens with one attached hydrogen (secondary N) is 1. The highest BCUT2D eigenvalue weighted by Gasteiger charge is 2.16. The van der Waals surface area contributed by atoms with Crippen molar-refractivity contribution in [2.24, 2.45) is 0 Å². The molecule has 1 unspecified atom stereocenters. The summed E-state index contributed by atoms with van der Waals surface area (Å²) in [6.07, 6.45) is 0. The van der Waals surface area contributed by atoms with E-state index in [9.17, 15) is 10.1 Å². The van der Waals surface area contributed by atoms with Gasteiger partial charge in [0.2, 0.25) is 0 Å². The lowest BCUT2D eigenvalue weighted by molar-refractivity contribution is -0.384. The summed E-state index contributed by atoms with van der Waals surface area (Å²) >= 11 is 0. The summed E-state index contributed by atoms with van der Waals surface area (Å²) in [5.74, 6) is 0. The second kappa shape index (κ2) is 7.49. The van der Waals surface area contributed by atoms with Gasteiger partial charge < -0.3 is 5.32 Å². The molecule has 1 atom stereocenters. The summed E-state index contributed by atoms with van der Waals surface area (Å²) in [4.78, 5) is 15.2. The van der Waals surface area contributed by atoms with E-state index in [-0.39, 0.29) is 16.7 Å². The number of non-ortho nitro benzene ring substituents is 1. The monoisotopic (exact) mass is 292 g/mol. The van der Waals surface area contributed by atoms with Gasteiger partial charge in [-0.1, -0.05) is 12.1 Å². The molecular formula is C15H24N4O2. The van der Waals surface area contributed by atoms with Gasteiger partial charge in [0.05, 0.1) is 4.92 Å². The van der Waals surface area contributed by atoms with Crippen molar-refractivity contribution < 1.29 is 4.92 Å². The highest BCUT2D eigenvalue weighted by Crippen LogP contribution is 2.22. The van der Waals surface area contributed by atoms with Crippen LogP contribution in [0.5, 0.6) is 0 Å². The predicted octanol–water partition coefficient (Wildman–Crippen LogP) is 1.49. The molecule has 6 heteroatoms. The number of hydrogen-bond acceptors (Lipinski definition) is 5. The van der Waals surface area contributed by atoms with Crippen LogP contribution in [0.3, 0.4) is 0 Å². The maximum Gasteiger partial charge on any atom is 0.269 e. The summed E-state index contributed by atoms with van der Waals surface area (Å²) in [5.41, 5.74) is 1.15. The van der Waals surface area contributed by atoms with Crippen LogP contribution in [0.2, 0.25) is 0 Å². The van der Waals surface area contributed by atoms with Crippen LogP contribution in [0.15, 0.2) is 24.3 Å². The molecule has 0 spiro atoms. The third-order valence-electron chi connectivity index (χ3n) is 4.20. The van der Waals surface area contributed by atoms with Gasteiger partial charge in [0.25, 0.3) is 5.69 Å². The van der Waals surface area contributed by atoms with Crippen LogP contribution in [-0.2, 0) is 0 Å². The highest BCUT2D eigenvalue weighted by molar-refractivity contribution is 5.35. The highest BCUT2D eigenvalue weighted by atomic mass is 16.6. The molecule has 0 radical (unpaired) electrons. The Bertz CT molecular complexity index is 474. The minimum atomic E-state index is -0.336. The summed E-state index contributed by atoms with van der Waals surface area (Å²) in [6, 6.07) is 7.10. The van der Waals surface area contributed by atoms with E-state index in [4.69, 9.17) is 0 Å². The van der Waals surface area contributed by atoms with Gasteiger partial charge >= 0.3 is 0 Å². The number of benzene rings is 1. The van der Waals surface area contributed by atoms with Crippen molar-refractivity contribution >= 4 is 5.69 Å². The molecule has 21 heavy (non-hydrogen) atoms. The molecule has 1 heterocycles. The molecule has 1 aliphatic rings. The van der Waals surface area contributed by atoms with Crippen molar-refractivity contribution in [1.82, 2.24) is 15.1 Å². The summed E-state index contributed by atoms with van der Waals surface area (Å²) < 4.78 is 0. The lowest BCUT2D eigenvalue weighted by Gasteiger charge is -2.31. The number of likely N-dealkylation sites (N-methyl/N-ethyl adjacent to an activating group) is 1. The fraction of sp³-hybridized carbons (Fsp3) is 0.600. The van der Waals surface area contributed by atoms with Crippen LogP contribution in [0.25, 0.3) is 0 Å². The maximum absolute atomic E-state index is 10.9. The number of hydrogen-bond donors (Lipinski definition) is 1. The first kappa shape index (κ1) is 15.9. The number of rotatable bonds is 6. The Labute approximate surface area is 125 Å². The van der Waals surface area contributed by atoms with E-state index in [1.54, 1.807) is 12.1 Å².